The zero-order chi connectivity index (χ0) is 23.7. The van der Waals surface area contributed by atoms with Crippen LogP contribution in [0.1, 0.15) is 150 Å². The van der Waals surface area contributed by atoms with E-state index in [2.05, 4.69) is 64.6 Å². The molecule has 0 aromatic carbocycles. The molecular weight excluding hydrogens is 404 g/mol. The Morgan fingerprint density at radius 1 is 0.531 bits per heavy atom. The van der Waals surface area contributed by atoms with Crippen LogP contribution in [-0.2, 0) is 0 Å². The lowest BCUT2D eigenvalue weighted by atomic mass is 10.0. The largest absolute Gasteiger partial charge is 0.158 e. The normalized spacial score (nSPS) is 12.4. The van der Waals surface area contributed by atoms with Crippen molar-refractivity contribution in [3.63, 3.8) is 0 Å². The molecule has 0 aliphatic heterocycles. The van der Waals surface area contributed by atoms with Gasteiger partial charge in [0.15, 0.2) is 0 Å². The fourth-order valence-corrected chi connectivity index (χ4v) is 5.00. The van der Waals surface area contributed by atoms with Crippen molar-refractivity contribution in [2.24, 2.45) is 0 Å². The molecule has 0 radical (unpaired) electrons. The molecule has 0 nitrogen and oxygen atoms in total. The van der Waals surface area contributed by atoms with Gasteiger partial charge in [0, 0.05) is 5.75 Å². The summed E-state index contributed by atoms with van der Waals surface area (Å²) in [4.78, 5) is 0. The minimum atomic E-state index is 1.19. The molecule has 1 heteroatoms. The van der Waals surface area contributed by atoms with Gasteiger partial charge in [0.1, 0.15) is 0 Å². The summed E-state index contributed by atoms with van der Waals surface area (Å²) in [6, 6.07) is 0. The molecule has 188 valence electrons. The summed E-state index contributed by atoms with van der Waals surface area (Å²) in [5, 5.41) is 0. The maximum absolute atomic E-state index is 2.46. The number of hydrogen-bond acceptors (Lipinski definition) is 1. The Balaban J connectivity index is 3.39. The van der Waals surface area contributed by atoms with Crippen LogP contribution in [0.25, 0.3) is 0 Å². The molecular formula is C31H58S. The molecule has 0 aromatic heterocycles. The van der Waals surface area contributed by atoms with Gasteiger partial charge in [-0.15, -0.1) is 0 Å². The summed E-state index contributed by atoms with van der Waals surface area (Å²) in [6.07, 6.45) is 32.4. The second kappa shape index (κ2) is 25.2. The van der Waals surface area contributed by atoms with E-state index >= 15 is 0 Å². The molecule has 0 saturated carbocycles. The number of unbranched alkanes of at least 4 members (excludes halogenated alkanes) is 13. The molecule has 0 aliphatic rings. The molecule has 0 unspecified atom stereocenters. The highest BCUT2D eigenvalue weighted by Gasteiger charge is 1.95. The van der Waals surface area contributed by atoms with Crippen LogP contribution >= 0.6 is 11.8 Å². The van der Waals surface area contributed by atoms with Gasteiger partial charge in [-0.05, 0) is 65.6 Å². The van der Waals surface area contributed by atoms with Crippen molar-refractivity contribution >= 4 is 11.8 Å². The van der Waals surface area contributed by atoms with Crippen LogP contribution in [0.15, 0.2) is 34.9 Å². The van der Waals surface area contributed by atoms with Gasteiger partial charge < -0.3 is 0 Å². The van der Waals surface area contributed by atoms with Crippen molar-refractivity contribution in [1.82, 2.24) is 0 Å². The smallest absolute Gasteiger partial charge is 0.0115 e. The Bertz CT molecular complexity index is 479. The van der Waals surface area contributed by atoms with Gasteiger partial charge in [0.25, 0.3) is 0 Å². The first-order chi connectivity index (χ1) is 15.6. The summed E-state index contributed by atoms with van der Waals surface area (Å²) < 4.78 is 0. The van der Waals surface area contributed by atoms with E-state index in [9.17, 15) is 0 Å². The first-order valence-electron chi connectivity index (χ1n) is 14.1. The summed E-state index contributed by atoms with van der Waals surface area (Å²) in [6.45, 7) is 11.3. The van der Waals surface area contributed by atoms with E-state index < -0.39 is 0 Å². The van der Waals surface area contributed by atoms with Crippen LogP contribution in [-0.4, -0.2) is 11.5 Å². The maximum atomic E-state index is 2.46. The fourth-order valence-electron chi connectivity index (χ4n) is 4.02. The lowest BCUT2D eigenvalue weighted by Crippen LogP contribution is -1.86. The van der Waals surface area contributed by atoms with Crippen molar-refractivity contribution in [2.75, 3.05) is 11.5 Å². The molecule has 0 saturated heterocycles. The fraction of sp³-hybridized carbons (Fsp3) is 0.806. The molecule has 0 N–H and O–H groups in total. The Morgan fingerprint density at radius 2 is 0.969 bits per heavy atom. The summed E-state index contributed by atoms with van der Waals surface area (Å²) in [5.74, 6) is 2.54. The average molecular weight is 463 g/mol. The van der Waals surface area contributed by atoms with Crippen molar-refractivity contribution in [3.8, 4) is 0 Å². The minimum Gasteiger partial charge on any atom is -0.158 e. The Morgan fingerprint density at radius 3 is 1.47 bits per heavy atom. The van der Waals surface area contributed by atoms with E-state index in [-0.39, 0.29) is 0 Å². The van der Waals surface area contributed by atoms with E-state index in [1.807, 2.05) is 0 Å². The van der Waals surface area contributed by atoms with Gasteiger partial charge in [-0.1, -0.05) is 125 Å². The Hall–Kier alpha value is -0.430. The molecule has 0 amide bonds. The van der Waals surface area contributed by atoms with Gasteiger partial charge in [-0.2, -0.15) is 11.8 Å². The molecule has 0 spiro atoms. The predicted octanol–water partition coefficient (Wildman–Crippen LogP) is 11.6. The lowest BCUT2D eigenvalue weighted by Gasteiger charge is -2.04. The number of allylic oxidation sites excluding steroid dienone is 5. The van der Waals surface area contributed by atoms with Crippen LogP contribution in [0, 0.1) is 0 Å². The average Bonchev–Trinajstić information content (AvgIpc) is 2.75. The predicted molar refractivity (Wildman–Crippen MR) is 153 cm³/mol. The monoisotopic (exact) mass is 462 g/mol. The maximum Gasteiger partial charge on any atom is 0.0115 e. The number of rotatable bonds is 23. The van der Waals surface area contributed by atoms with E-state index in [4.69, 9.17) is 0 Å². The summed E-state index contributed by atoms with van der Waals surface area (Å²) in [5.41, 5.74) is 4.54. The van der Waals surface area contributed by atoms with Crippen molar-refractivity contribution < 1.29 is 0 Å². The molecule has 32 heavy (non-hydrogen) atoms. The van der Waals surface area contributed by atoms with Gasteiger partial charge in [-0.25, -0.2) is 0 Å². The Labute approximate surface area is 208 Å². The van der Waals surface area contributed by atoms with E-state index in [0.29, 0.717) is 0 Å². The van der Waals surface area contributed by atoms with E-state index in [1.54, 1.807) is 11.1 Å². The van der Waals surface area contributed by atoms with E-state index in [0.717, 1.165) is 0 Å². The second-order valence-corrected chi connectivity index (χ2v) is 11.3. The van der Waals surface area contributed by atoms with Crippen LogP contribution in [0.4, 0.5) is 0 Å². The number of hydrogen-bond donors (Lipinski definition) is 0. The lowest BCUT2D eigenvalue weighted by molar-refractivity contribution is 0.538. The van der Waals surface area contributed by atoms with Crippen LogP contribution in [0.3, 0.4) is 0 Å². The summed E-state index contributed by atoms with van der Waals surface area (Å²) in [7, 11) is 0. The van der Waals surface area contributed by atoms with Crippen molar-refractivity contribution in [3.05, 3.63) is 34.9 Å². The van der Waals surface area contributed by atoms with Crippen molar-refractivity contribution in [1.29, 1.82) is 0 Å². The highest BCUT2D eigenvalue weighted by atomic mass is 32.2. The Kier molecular flexibility index (Phi) is 24.9. The molecule has 0 heterocycles. The van der Waals surface area contributed by atoms with Gasteiger partial charge in [-0.3, -0.25) is 0 Å². The molecule has 0 aromatic rings. The standard InChI is InChI=1S/C31H58S/c1-6-7-8-9-10-11-12-13-14-15-16-17-18-19-27-32-28-26-31(5)25-21-24-30(4)23-20-22-29(2)3/h22,24,26H,6-21,23,25,27-28H2,1-5H3. The van der Waals surface area contributed by atoms with Crippen LogP contribution in [0.2, 0.25) is 0 Å². The third-order valence-corrected chi connectivity index (χ3v) is 7.29. The minimum absolute atomic E-state index is 1.19. The zero-order valence-electron chi connectivity index (χ0n) is 22.8. The quantitative estimate of drug-likeness (QED) is 0.107. The second-order valence-electron chi connectivity index (χ2n) is 10.1. The first kappa shape index (κ1) is 31.6. The molecule has 0 fully saturated rings. The first-order valence-corrected chi connectivity index (χ1v) is 15.2. The highest BCUT2D eigenvalue weighted by Crippen LogP contribution is 2.15. The highest BCUT2D eigenvalue weighted by molar-refractivity contribution is 7.99. The topological polar surface area (TPSA) is 0 Å². The summed E-state index contributed by atoms with van der Waals surface area (Å²) >= 11 is 2.12. The molecule has 0 bridgehead atoms. The van der Waals surface area contributed by atoms with Gasteiger partial charge >= 0.3 is 0 Å². The molecule has 0 aliphatic carbocycles. The van der Waals surface area contributed by atoms with Crippen LogP contribution < -0.4 is 0 Å². The van der Waals surface area contributed by atoms with Crippen molar-refractivity contribution in [2.45, 2.75) is 150 Å². The van der Waals surface area contributed by atoms with Gasteiger partial charge in [0.2, 0.25) is 0 Å². The van der Waals surface area contributed by atoms with Crippen LogP contribution in [0.5, 0.6) is 0 Å². The third kappa shape index (κ3) is 25.8. The number of thioether (sulfide) groups is 1. The SMILES string of the molecule is CCCCCCCCCCCCCCCCSCC=C(C)CCC=C(C)CCC=C(C)C. The molecule has 0 atom stereocenters. The zero-order valence-corrected chi connectivity index (χ0v) is 23.6. The third-order valence-electron chi connectivity index (χ3n) is 6.31. The molecule has 0 rings (SSSR count). The van der Waals surface area contributed by atoms with E-state index in [1.165, 1.54) is 133 Å². The van der Waals surface area contributed by atoms with Gasteiger partial charge in [0.05, 0.1) is 0 Å².